The molecule has 0 saturated carbocycles. The SMILES string of the molecule is C=N/C(=C\C=C/C)c1ccc(=O)n(C)c1.CC. The molecule has 0 bridgehead atoms. The van der Waals surface area contributed by atoms with Gasteiger partial charge in [0.05, 0.1) is 5.70 Å². The van der Waals surface area contributed by atoms with Gasteiger partial charge in [0, 0.05) is 24.9 Å². The van der Waals surface area contributed by atoms with Crippen molar-refractivity contribution in [2.24, 2.45) is 12.0 Å². The van der Waals surface area contributed by atoms with E-state index in [4.69, 9.17) is 0 Å². The maximum absolute atomic E-state index is 11.2. The molecular weight excluding hydrogens is 212 g/mol. The number of pyridine rings is 1. The summed E-state index contributed by atoms with van der Waals surface area (Å²) >= 11 is 0. The second-order valence-electron chi connectivity index (χ2n) is 3.10. The molecule has 92 valence electrons. The minimum Gasteiger partial charge on any atom is -0.318 e. The largest absolute Gasteiger partial charge is 0.318 e. The number of hydrogen-bond acceptors (Lipinski definition) is 2. The molecule has 1 rings (SSSR count). The summed E-state index contributed by atoms with van der Waals surface area (Å²) in [6.45, 7) is 9.43. The Morgan fingerprint density at radius 3 is 2.53 bits per heavy atom. The summed E-state index contributed by atoms with van der Waals surface area (Å²) < 4.78 is 1.52. The molecule has 17 heavy (non-hydrogen) atoms. The van der Waals surface area contributed by atoms with E-state index >= 15 is 0 Å². The monoisotopic (exact) mass is 232 g/mol. The minimum atomic E-state index is -0.0341. The fraction of sp³-hybridized carbons (Fsp3) is 0.286. The second-order valence-corrected chi connectivity index (χ2v) is 3.10. The van der Waals surface area contributed by atoms with Gasteiger partial charge in [-0.2, -0.15) is 0 Å². The summed E-state index contributed by atoms with van der Waals surface area (Å²) in [7, 11) is 1.71. The molecule has 3 nitrogen and oxygen atoms in total. The third kappa shape index (κ3) is 4.64. The van der Waals surface area contributed by atoms with Crippen molar-refractivity contribution in [3.8, 4) is 0 Å². The smallest absolute Gasteiger partial charge is 0.250 e. The second kappa shape index (κ2) is 8.28. The van der Waals surface area contributed by atoms with Gasteiger partial charge in [-0.1, -0.05) is 26.0 Å². The Morgan fingerprint density at radius 1 is 1.41 bits per heavy atom. The average molecular weight is 232 g/mol. The third-order valence-electron chi connectivity index (χ3n) is 2.00. The van der Waals surface area contributed by atoms with Crippen molar-refractivity contribution < 1.29 is 0 Å². The number of nitrogens with zero attached hydrogens (tertiary/aromatic N) is 2. The third-order valence-corrected chi connectivity index (χ3v) is 2.00. The van der Waals surface area contributed by atoms with Gasteiger partial charge in [-0.05, 0) is 25.8 Å². The number of hydrogen-bond donors (Lipinski definition) is 0. The molecule has 0 fully saturated rings. The van der Waals surface area contributed by atoms with Crippen LogP contribution in [0.25, 0.3) is 5.70 Å². The molecule has 1 aromatic rings. The Bertz CT molecular complexity index is 467. The zero-order chi connectivity index (χ0) is 13.3. The van der Waals surface area contributed by atoms with Gasteiger partial charge < -0.3 is 4.57 Å². The van der Waals surface area contributed by atoms with Crippen molar-refractivity contribution in [1.82, 2.24) is 4.57 Å². The van der Waals surface area contributed by atoms with Crippen LogP contribution in [0.15, 0.2) is 46.3 Å². The molecule has 0 aliphatic rings. The highest BCUT2D eigenvalue weighted by molar-refractivity contribution is 5.68. The molecule has 1 aromatic heterocycles. The highest BCUT2D eigenvalue weighted by Crippen LogP contribution is 2.13. The number of aliphatic imine (C=N–C) groups is 1. The van der Waals surface area contributed by atoms with Gasteiger partial charge >= 0.3 is 0 Å². The Balaban J connectivity index is 0.00000121. The fourth-order valence-corrected chi connectivity index (χ4v) is 1.17. The predicted molar refractivity (Wildman–Crippen MR) is 75.4 cm³/mol. The van der Waals surface area contributed by atoms with E-state index in [1.165, 1.54) is 10.6 Å². The van der Waals surface area contributed by atoms with Crippen LogP contribution in [0.2, 0.25) is 0 Å². The van der Waals surface area contributed by atoms with Crippen LogP contribution in [0, 0.1) is 0 Å². The van der Waals surface area contributed by atoms with E-state index in [1.54, 1.807) is 19.3 Å². The quantitative estimate of drug-likeness (QED) is 0.582. The van der Waals surface area contributed by atoms with E-state index in [9.17, 15) is 4.79 Å². The first-order valence-electron chi connectivity index (χ1n) is 5.66. The van der Waals surface area contributed by atoms with Gasteiger partial charge in [-0.25, -0.2) is 0 Å². The van der Waals surface area contributed by atoms with Gasteiger partial charge in [0.15, 0.2) is 0 Å². The molecule has 0 atom stereocenters. The molecule has 0 spiro atoms. The van der Waals surface area contributed by atoms with Gasteiger partial charge in [0.2, 0.25) is 5.56 Å². The van der Waals surface area contributed by atoms with E-state index in [0.717, 1.165) is 11.3 Å². The Morgan fingerprint density at radius 2 is 2.06 bits per heavy atom. The first-order chi connectivity index (χ1) is 8.19. The van der Waals surface area contributed by atoms with E-state index in [-0.39, 0.29) is 5.56 Å². The Labute approximate surface area is 103 Å². The molecule has 0 amide bonds. The normalized spacial score (nSPS) is 10.9. The standard InChI is InChI=1S/C12H14N2O.C2H6/c1-4-5-6-11(13-2)10-7-8-12(15)14(3)9-10;1-2/h4-9H,2H2,1,3H3;1-2H3/b5-4-,11-6-;. The van der Waals surface area contributed by atoms with Crippen LogP contribution in [-0.2, 0) is 7.05 Å². The summed E-state index contributed by atoms with van der Waals surface area (Å²) in [6, 6.07) is 3.26. The van der Waals surface area contributed by atoms with Crippen LogP contribution in [-0.4, -0.2) is 11.3 Å². The Kier molecular flexibility index (Phi) is 7.35. The number of aromatic nitrogens is 1. The summed E-state index contributed by atoms with van der Waals surface area (Å²) in [5.74, 6) is 0. The minimum absolute atomic E-state index is 0.0341. The molecule has 0 N–H and O–H groups in total. The van der Waals surface area contributed by atoms with E-state index in [2.05, 4.69) is 11.7 Å². The molecule has 0 aliphatic heterocycles. The zero-order valence-electron chi connectivity index (χ0n) is 11.0. The van der Waals surface area contributed by atoms with Crippen molar-refractivity contribution in [1.29, 1.82) is 0 Å². The van der Waals surface area contributed by atoms with Crippen LogP contribution in [0.4, 0.5) is 0 Å². The van der Waals surface area contributed by atoms with Crippen molar-refractivity contribution in [3.05, 3.63) is 52.5 Å². The van der Waals surface area contributed by atoms with Crippen molar-refractivity contribution in [2.45, 2.75) is 20.8 Å². The summed E-state index contributed by atoms with van der Waals surface area (Å²) in [5.41, 5.74) is 1.60. The maximum Gasteiger partial charge on any atom is 0.250 e. The van der Waals surface area contributed by atoms with Crippen LogP contribution in [0.3, 0.4) is 0 Å². The predicted octanol–water partition coefficient (Wildman–Crippen LogP) is 3.03. The first-order valence-corrected chi connectivity index (χ1v) is 5.66. The van der Waals surface area contributed by atoms with E-state index in [1.807, 2.05) is 39.0 Å². The lowest BCUT2D eigenvalue weighted by Gasteiger charge is -2.02. The van der Waals surface area contributed by atoms with E-state index in [0.29, 0.717) is 0 Å². The molecule has 0 radical (unpaired) electrons. The van der Waals surface area contributed by atoms with Gasteiger partial charge in [0.25, 0.3) is 0 Å². The van der Waals surface area contributed by atoms with Gasteiger partial charge in [-0.15, -0.1) is 0 Å². The molecular formula is C14H20N2O. The molecule has 0 aromatic carbocycles. The van der Waals surface area contributed by atoms with Crippen molar-refractivity contribution in [2.75, 3.05) is 0 Å². The average Bonchev–Trinajstić information content (AvgIpc) is 2.37. The number of rotatable bonds is 3. The lowest BCUT2D eigenvalue weighted by atomic mass is 10.2. The highest BCUT2D eigenvalue weighted by Gasteiger charge is 1.99. The molecule has 0 saturated heterocycles. The molecule has 1 heterocycles. The first kappa shape index (κ1) is 15.1. The van der Waals surface area contributed by atoms with Gasteiger partial charge in [0.1, 0.15) is 0 Å². The molecule has 0 unspecified atom stereocenters. The molecule has 0 aliphatic carbocycles. The van der Waals surface area contributed by atoms with Crippen molar-refractivity contribution in [3.63, 3.8) is 0 Å². The highest BCUT2D eigenvalue weighted by atomic mass is 16.1. The topological polar surface area (TPSA) is 34.4 Å². The summed E-state index contributed by atoms with van der Waals surface area (Å²) in [5, 5.41) is 0. The maximum atomic E-state index is 11.2. The number of aryl methyl sites for hydroxylation is 1. The number of allylic oxidation sites excluding steroid dienone is 3. The van der Waals surface area contributed by atoms with Crippen LogP contribution < -0.4 is 5.56 Å². The van der Waals surface area contributed by atoms with Gasteiger partial charge in [-0.3, -0.25) is 9.79 Å². The summed E-state index contributed by atoms with van der Waals surface area (Å²) in [6.07, 6.45) is 7.39. The van der Waals surface area contributed by atoms with Crippen LogP contribution in [0.5, 0.6) is 0 Å². The van der Waals surface area contributed by atoms with Crippen molar-refractivity contribution >= 4 is 12.4 Å². The van der Waals surface area contributed by atoms with E-state index < -0.39 is 0 Å². The lowest BCUT2D eigenvalue weighted by molar-refractivity contribution is 0.857. The fourth-order valence-electron chi connectivity index (χ4n) is 1.17. The summed E-state index contributed by atoms with van der Waals surface area (Å²) in [4.78, 5) is 15.1. The van der Waals surface area contributed by atoms with Crippen LogP contribution in [0.1, 0.15) is 26.3 Å². The lowest BCUT2D eigenvalue weighted by Crippen LogP contribution is -2.14. The van der Waals surface area contributed by atoms with Crippen LogP contribution >= 0.6 is 0 Å². The Hall–Kier alpha value is -1.90. The zero-order valence-corrected chi connectivity index (χ0v) is 11.0. The molecule has 3 heteroatoms.